The highest BCUT2D eigenvalue weighted by Crippen LogP contribution is 2.22. The lowest BCUT2D eigenvalue weighted by atomic mass is 10.0. The summed E-state index contributed by atoms with van der Waals surface area (Å²) in [5, 5.41) is 0. The highest BCUT2D eigenvalue weighted by Gasteiger charge is 2.24. The second-order valence-corrected chi connectivity index (χ2v) is 6.35. The summed E-state index contributed by atoms with van der Waals surface area (Å²) < 4.78 is 0. The monoisotopic (exact) mass is 289 g/mol. The van der Waals surface area contributed by atoms with Crippen molar-refractivity contribution in [2.24, 2.45) is 0 Å². The van der Waals surface area contributed by atoms with Crippen molar-refractivity contribution >= 4 is 11.6 Å². The third-order valence-electron chi connectivity index (χ3n) is 4.48. The number of nitrogens with zero attached hydrogens (tertiary/aromatic N) is 3. The Morgan fingerprint density at radius 2 is 1.81 bits per heavy atom. The molecule has 0 N–H and O–H groups in total. The fourth-order valence-corrected chi connectivity index (χ4v) is 3.04. The first kappa shape index (κ1) is 15.8. The molecule has 1 aliphatic heterocycles. The van der Waals surface area contributed by atoms with Crippen molar-refractivity contribution < 1.29 is 4.79 Å². The molecule has 1 aromatic carbocycles. The second-order valence-electron chi connectivity index (χ2n) is 6.35. The zero-order valence-electron chi connectivity index (χ0n) is 13.9. The van der Waals surface area contributed by atoms with Gasteiger partial charge in [0.05, 0.1) is 0 Å². The van der Waals surface area contributed by atoms with Gasteiger partial charge in [0.15, 0.2) is 0 Å². The molecule has 0 radical (unpaired) electrons. The van der Waals surface area contributed by atoms with E-state index in [1.54, 1.807) is 0 Å². The molecule has 1 saturated heterocycles. The number of carbonyl (C=O) groups excluding carboxylic acids is 1. The Balaban J connectivity index is 2.10. The maximum atomic E-state index is 12.7. The first-order chi connectivity index (χ1) is 9.90. The number of hydrogen-bond acceptors (Lipinski definition) is 3. The molecule has 0 aliphatic carbocycles. The van der Waals surface area contributed by atoms with Crippen molar-refractivity contribution in [1.29, 1.82) is 0 Å². The molecule has 4 heteroatoms. The predicted octanol–water partition coefficient (Wildman–Crippen LogP) is 2.23. The molecule has 1 fully saturated rings. The fraction of sp³-hybridized carbons (Fsp3) is 0.588. The predicted molar refractivity (Wildman–Crippen MR) is 88.1 cm³/mol. The summed E-state index contributed by atoms with van der Waals surface area (Å²) in [6, 6.07) is 6.34. The minimum Gasteiger partial charge on any atom is -0.377 e. The molecule has 0 saturated carbocycles. The Morgan fingerprint density at radius 3 is 2.33 bits per heavy atom. The van der Waals surface area contributed by atoms with Crippen molar-refractivity contribution in [2.45, 2.75) is 25.8 Å². The molecular weight excluding hydrogens is 262 g/mol. The van der Waals surface area contributed by atoms with Gasteiger partial charge in [-0.05, 0) is 63.7 Å². The van der Waals surface area contributed by atoms with Gasteiger partial charge in [-0.25, -0.2) is 0 Å². The van der Waals surface area contributed by atoms with Crippen LogP contribution in [0.2, 0.25) is 0 Å². The van der Waals surface area contributed by atoms with Crippen LogP contribution in [0.25, 0.3) is 0 Å². The van der Waals surface area contributed by atoms with Gasteiger partial charge in [-0.1, -0.05) is 0 Å². The maximum absolute atomic E-state index is 12.7. The fourth-order valence-electron chi connectivity index (χ4n) is 3.04. The Kier molecular flexibility index (Phi) is 4.88. The van der Waals surface area contributed by atoms with E-state index in [1.807, 2.05) is 44.2 Å². The first-order valence-corrected chi connectivity index (χ1v) is 7.64. The summed E-state index contributed by atoms with van der Waals surface area (Å²) in [7, 11) is 8.12. The van der Waals surface area contributed by atoms with Gasteiger partial charge >= 0.3 is 0 Å². The highest BCUT2D eigenvalue weighted by molar-refractivity contribution is 5.95. The molecule has 0 aromatic heterocycles. The van der Waals surface area contributed by atoms with Crippen LogP contribution >= 0.6 is 0 Å². The van der Waals surface area contributed by atoms with Gasteiger partial charge in [0, 0.05) is 38.4 Å². The summed E-state index contributed by atoms with van der Waals surface area (Å²) in [5.74, 6) is 0.137. The Morgan fingerprint density at radius 1 is 1.19 bits per heavy atom. The van der Waals surface area contributed by atoms with Crippen LogP contribution in [0, 0.1) is 6.92 Å². The quantitative estimate of drug-likeness (QED) is 0.854. The summed E-state index contributed by atoms with van der Waals surface area (Å²) in [6.07, 6.45) is 2.13. The number of benzene rings is 1. The van der Waals surface area contributed by atoms with Gasteiger partial charge in [-0.2, -0.15) is 0 Å². The second kappa shape index (κ2) is 6.48. The van der Waals surface area contributed by atoms with Gasteiger partial charge in [-0.3, -0.25) is 4.79 Å². The van der Waals surface area contributed by atoms with Crippen LogP contribution in [0.4, 0.5) is 5.69 Å². The number of likely N-dealkylation sites (tertiary alicyclic amines) is 1. The Hall–Kier alpha value is -1.55. The van der Waals surface area contributed by atoms with Gasteiger partial charge < -0.3 is 14.7 Å². The normalized spacial score (nSPS) is 16.8. The number of aryl methyl sites for hydroxylation is 1. The molecule has 116 valence electrons. The molecule has 2 rings (SSSR count). The van der Waals surface area contributed by atoms with Crippen LogP contribution in [0.3, 0.4) is 0 Å². The van der Waals surface area contributed by atoms with Crippen molar-refractivity contribution in [3.63, 3.8) is 0 Å². The van der Waals surface area contributed by atoms with E-state index in [2.05, 4.69) is 23.8 Å². The average Bonchev–Trinajstić information content (AvgIpc) is 2.46. The van der Waals surface area contributed by atoms with Crippen molar-refractivity contribution in [3.05, 3.63) is 29.3 Å². The zero-order valence-corrected chi connectivity index (χ0v) is 13.9. The van der Waals surface area contributed by atoms with Crippen LogP contribution in [0.1, 0.15) is 28.8 Å². The van der Waals surface area contributed by atoms with E-state index < -0.39 is 0 Å². The molecule has 4 nitrogen and oxygen atoms in total. The lowest BCUT2D eigenvalue weighted by molar-refractivity contribution is 0.0659. The number of piperidine rings is 1. The van der Waals surface area contributed by atoms with Gasteiger partial charge in [0.25, 0.3) is 5.91 Å². The number of hydrogen-bond donors (Lipinski definition) is 0. The van der Waals surface area contributed by atoms with Crippen LogP contribution in [-0.2, 0) is 0 Å². The Bertz CT molecular complexity index is 505. The molecule has 21 heavy (non-hydrogen) atoms. The zero-order chi connectivity index (χ0) is 15.6. The minimum atomic E-state index is 0.137. The van der Waals surface area contributed by atoms with Crippen LogP contribution in [0.15, 0.2) is 18.2 Å². The van der Waals surface area contributed by atoms with E-state index in [4.69, 9.17) is 0 Å². The minimum absolute atomic E-state index is 0.137. The number of carbonyl (C=O) groups is 1. The molecular formula is C17H27N3O. The SMILES string of the molecule is Cc1cc(C(=O)N(C)C2CCN(C)CC2)ccc1N(C)C. The maximum Gasteiger partial charge on any atom is 0.253 e. The summed E-state index contributed by atoms with van der Waals surface area (Å²) >= 11 is 0. The van der Waals surface area contributed by atoms with Crippen molar-refractivity contribution in [2.75, 3.05) is 46.2 Å². The standard InChI is InChI=1S/C17H27N3O/c1-13-12-14(6-7-16(13)18(2)3)17(21)20(5)15-8-10-19(4)11-9-15/h6-7,12,15H,8-11H2,1-5H3. The largest absolute Gasteiger partial charge is 0.377 e. The van der Waals surface area contributed by atoms with E-state index in [-0.39, 0.29) is 5.91 Å². The van der Waals surface area contributed by atoms with Gasteiger partial charge in [-0.15, -0.1) is 0 Å². The van der Waals surface area contributed by atoms with E-state index >= 15 is 0 Å². The molecule has 1 heterocycles. The lowest BCUT2D eigenvalue weighted by Gasteiger charge is -2.35. The smallest absolute Gasteiger partial charge is 0.253 e. The summed E-state index contributed by atoms with van der Waals surface area (Å²) in [5.41, 5.74) is 3.09. The van der Waals surface area contributed by atoms with E-state index in [1.165, 1.54) is 0 Å². The van der Waals surface area contributed by atoms with E-state index in [9.17, 15) is 4.79 Å². The first-order valence-electron chi connectivity index (χ1n) is 7.64. The third-order valence-corrected chi connectivity index (χ3v) is 4.48. The third kappa shape index (κ3) is 3.56. The topological polar surface area (TPSA) is 26.8 Å². The molecule has 1 aromatic rings. The number of rotatable bonds is 3. The highest BCUT2D eigenvalue weighted by atomic mass is 16.2. The van der Waals surface area contributed by atoms with Crippen molar-refractivity contribution in [3.8, 4) is 0 Å². The van der Waals surface area contributed by atoms with Gasteiger partial charge in [0.1, 0.15) is 0 Å². The summed E-state index contributed by atoms with van der Waals surface area (Å²) in [4.78, 5) is 19.0. The van der Waals surface area contributed by atoms with E-state index in [0.29, 0.717) is 6.04 Å². The van der Waals surface area contributed by atoms with E-state index in [0.717, 1.165) is 42.7 Å². The molecule has 0 bridgehead atoms. The number of anilines is 1. The van der Waals surface area contributed by atoms with Crippen LogP contribution < -0.4 is 4.90 Å². The Labute approximate surface area is 128 Å². The van der Waals surface area contributed by atoms with Crippen LogP contribution in [0.5, 0.6) is 0 Å². The molecule has 1 amide bonds. The lowest BCUT2D eigenvalue weighted by Crippen LogP contribution is -2.44. The molecule has 0 atom stereocenters. The molecule has 0 unspecified atom stereocenters. The molecule has 1 aliphatic rings. The number of amides is 1. The van der Waals surface area contributed by atoms with Gasteiger partial charge in [0.2, 0.25) is 0 Å². The summed E-state index contributed by atoms with van der Waals surface area (Å²) in [6.45, 7) is 4.20. The average molecular weight is 289 g/mol. The molecule has 0 spiro atoms. The van der Waals surface area contributed by atoms with Crippen LogP contribution in [-0.4, -0.2) is 63.0 Å². The van der Waals surface area contributed by atoms with Crippen molar-refractivity contribution in [1.82, 2.24) is 9.80 Å².